The normalized spacial score (nSPS) is 11.8. The molecular weight excluding hydrogens is 343 g/mol. The maximum atomic E-state index is 11.8. The highest BCUT2D eigenvalue weighted by Gasteiger charge is 2.17. The van der Waals surface area contributed by atoms with Crippen LogP contribution in [0.1, 0.15) is 34.8 Å². The second kappa shape index (κ2) is 7.48. The Kier molecular flexibility index (Phi) is 5.63. The summed E-state index contributed by atoms with van der Waals surface area (Å²) in [6.45, 7) is 2.99. The maximum Gasteiger partial charge on any atom is 0.377 e. The van der Waals surface area contributed by atoms with Gasteiger partial charge in [0.25, 0.3) is 5.91 Å². The van der Waals surface area contributed by atoms with E-state index in [1.54, 1.807) is 32.0 Å². The van der Waals surface area contributed by atoms with Crippen LogP contribution in [0.3, 0.4) is 0 Å². The minimum absolute atomic E-state index is 0.0518. The Bertz CT molecular complexity index is 730. The van der Waals surface area contributed by atoms with Gasteiger partial charge in [-0.2, -0.15) is 0 Å². The van der Waals surface area contributed by atoms with Gasteiger partial charge in [0, 0.05) is 16.1 Å². The third kappa shape index (κ3) is 4.71. The van der Waals surface area contributed by atoms with Crippen molar-refractivity contribution < 1.29 is 18.8 Å². The lowest BCUT2D eigenvalue weighted by molar-refractivity contribution is -0.124. The summed E-state index contributed by atoms with van der Waals surface area (Å²) >= 11 is 11.9. The Morgan fingerprint density at radius 3 is 2.70 bits per heavy atom. The van der Waals surface area contributed by atoms with Gasteiger partial charge in [-0.1, -0.05) is 34.4 Å². The van der Waals surface area contributed by atoms with Crippen molar-refractivity contribution in [2.24, 2.45) is 0 Å². The van der Waals surface area contributed by atoms with Crippen LogP contribution in [0.5, 0.6) is 0 Å². The molecule has 0 bridgehead atoms. The summed E-state index contributed by atoms with van der Waals surface area (Å²) in [5, 5.41) is 7.20. The molecule has 0 spiro atoms. The number of aryl methyl sites for hydroxylation is 1. The van der Waals surface area contributed by atoms with Crippen molar-refractivity contribution in [3.63, 3.8) is 0 Å². The largest absolute Gasteiger partial charge is 0.450 e. The summed E-state index contributed by atoms with van der Waals surface area (Å²) in [6.07, 6.45) is 0. The second-order valence-corrected chi connectivity index (χ2v) is 5.71. The molecule has 0 radical (unpaired) electrons. The molecule has 0 aliphatic heterocycles. The van der Waals surface area contributed by atoms with Crippen LogP contribution in [0, 0.1) is 6.92 Å². The van der Waals surface area contributed by atoms with Gasteiger partial charge in [-0.05, 0) is 31.5 Å². The smallest absolute Gasteiger partial charge is 0.377 e. The Morgan fingerprint density at radius 2 is 2.09 bits per heavy atom. The van der Waals surface area contributed by atoms with Crippen LogP contribution >= 0.6 is 23.2 Å². The maximum absolute atomic E-state index is 11.8. The molecule has 1 aromatic carbocycles. The van der Waals surface area contributed by atoms with Crippen molar-refractivity contribution >= 4 is 35.1 Å². The first-order chi connectivity index (χ1) is 10.9. The van der Waals surface area contributed by atoms with Crippen molar-refractivity contribution in [2.75, 3.05) is 6.61 Å². The van der Waals surface area contributed by atoms with Gasteiger partial charge in [0.15, 0.2) is 6.61 Å². The van der Waals surface area contributed by atoms with E-state index >= 15 is 0 Å². The number of halogens is 2. The standard InChI is InChI=1S/C15H14Cl2N2O4/c1-8-5-13(23-19-8)15(21)22-7-14(20)18-9(2)11-4-3-10(16)6-12(11)17/h3-6,9H,7H2,1-2H3,(H,18,20)/t9-/m0/s1. The fourth-order valence-corrected chi connectivity index (χ4v) is 2.45. The summed E-state index contributed by atoms with van der Waals surface area (Å²) in [6, 6.07) is 6.05. The number of nitrogens with one attached hydrogen (secondary N) is 1. The molecule has 0 saturated carbocycles. The van der Waals surface area contributed by atoms with Crippen LogP contribution in [0.4, 0.5) is 0 Å². The molecule has 2 aromatic rings. The third-order valence-corrected chi connectivity index (χ3v) is 3.53. The number of rotatable bonds is 5. The van der Waals surface area contributed by atoms with Crippen molar-refractivity contribution in [3.8, 4) is 0 Å². The molecule has 6 nitrogen and oxygen atoms in total. The van der Waals surface area contributed by atoms with Crippen LogP contribution in [0.2, 0.25) is 10.0 Å². The molecule has 1 heterocycles. The lowest BCUT2D eigenvalue weighted by Gasteiger charge is -2.15. The predicted octanol–water partition coefficient (Wildman–Crippen LogP) is 3.32. The summed E-state index contributed by atoms with van der Waals surface area (Å²) in [4.78, 5) is 23.5. The molecular formula is C15H14Cl2N2O4. The van der Waals surface area contributed by atoms with Crippen molar-refractivity contribution in [3.05, 3.63) is 51.3 Å². The molecule has 0 aliphatic rings. The molecule has 0 aliphatic carbocycles. The highest BCUT2D eigenvalue weighted by Crippen LogP contribution is 2.25. The number of nitrogens with zero attached hydrogens (tertiary/aromatic N) is 1. The van der Waals surface area contributed by atoms with E-state index in [0.29, 0.717) is 21.3 Å². The van der Waals surface area contributed by atoms with Crippen molar-refractivity contribution in [1.82, 2.24) is 10.5 Å². The molecule has 0 fully saturated rings. The van der Waals surface area contributed by atoms with Gasteiger partial charge in [-0.25, -0.2) is 4.79 Å². The van der Waals surface area contributed by atoms with Gasteiger partial charge < -0.3 is 14.6 Å². The van der Waals surface area contributed by atoms with E-state index in [1.807, 2.05) is 0 Å². The molecule has 1 amide bonds. The summed E-state index contributed by atoms with van der Waals surface area (Å²) in [5.74, 6) is -1.27. The zero-order valence-corrected chi connectivity index (χ0v) is 13.9. The Labute approximate surface area is 142 Å². The third-order valence-electron chi connectivity index (χ3n) is 2.97. The molecule has 1 aromatic heterocycles. The van der Waals surface area contributed by atoms with Gasteiger partial charge in [0.05, 0.1) is 11.7 Å². The van der Waals surface area contributed by atoms with E-state index in [-0.39, 0.29) is 11.8 Å². The monoisotopic (exact) mass is 356 g/mol. The minimum Gasteiger partial charge on any atom is -0.450 e. The first kappa shape index (κ1) is 17.3. The zero-order valence-electron chi connectivity index (χ0n) is 12.4. The average Bonchev–Trinajstić information content (AvgIpc) is 2.91. The number of amides is 1. The summed E-state index contributed by atoms with van der Waals surface area (Å²) in [7, 11) is 0. The molecule has 23 heavy (non-hydrogen) atoms. The second-order valence-electron chi connectivity index (χ2n) is 4.86. The molecule has 1 atom stereocenters. The molecule has 1 N–H and O–H groups in total. The highest BCUT2D eigenvalue weighted by molar-refractivity contribution is 6.35. The zero-order chi connectivity index (χ0) is 17.0. The number of hydrogen-bond donors (Lipinski definition) is 1. The molecule has 2 rings (SSSR count). The Hall–Kier alpha value is -2.05. The number of benzene rings is 1. The van der Waals surface area contributed by atoms with Gasteiger partial charge >= 0.3 is 5.97 Å². The number of carbonyl (C=O) groups excluding carboxylic acids is 2. The van der Waals surface area contributed by atoms with Gasteiger partial charge in [0.2, 0.25) is 5.76 Å². The highest BCUT2D eigenvalue weighted by atomic mass is 35.5. The van der Waals surface area contributed by atoms with E-state index < -0.39 is 18.5 Å². The van der Waals surface area contributed by atoms with E-state index in [9.17, 15) is 9.59 Å². The van der Waals surface area contributed by atoms with Gasteiger partial charge in [-0.15, -0.1) is 0 Å². The number of carbonyl (C=O) groups is 2. The minimum atomic E-state index is -0.752. The molecule has 122 valence electrons. The number of hydrogen-bond acceptors (Lipinski definition) is 5. The molecule has 0 saturated heterocycles. The van der Waals surface area contributed by atoms with E-state index in [1.165, 1.54) is 6.07 Å². The quantitative estimate of drug-likeness (QED) is 0.831. The van der Waals surface area contributed by atoms with Crippen molar-refractivity contribution in [1.29, 1.82) is 0 Å². The van der Waals surface area contributed by atoms with Crippen LogP contribution in [-0.2, 0) is 9.53 Å². The number of ether oxygens (including phenoxy) is 1. The summed E-state index contributed by atoms with van der Waals surface area (Å²) in [5.41, 5.74) is 1.26. The molecule has 8 heteroatoms. The lowest BCUT2D eigenvalue weighted by Crippen LogP contribution is -2.31. The Balaban J connectivity index is 1.88. The van der Waals surface area contributed by atoms with E-state index in [0.717, 1.165) is 0 Å². The molecule has 0 unspecified atom stereocenters. The van der Waals surface area contributed by atoms with Crippen LogP contribution in [-0.4, -0.2) is 23.6 Å². The average molecular weight is 357 g/mol. The van der Waals surface area contributed by atoms with Crippen molar-refractivity contribution in [2.45, 2.75) is 19.9 Å². The summed E-state index contributed by atoms with van der Waals surface area (Å²) < 4.78 is 9.60. The van der Waals surface area contributed by atoms with E-state index in [4.69, 9.17) is 32.5 Å². The fourth-order valence-electron chi connectivity index (χ4n) is 1.88. The Morgan fingerprint density at radius 1 is 1.35 bits per heavy atom. The van der Waals surface area contributed by atoms with Gasteiger partial charge in [0.1, 0.15) is 0 Å². The van der Waals surface area contributed by atoms with Gasteiger partial charge in [-0.3, -0.25) is 4.79 Å². The van der Waals surface area contributed by atoms with Crippen LogP contribution in [0.25, 0.3) is 0 Å². The van der Waals surface area contributed by atoms with Crippen LogP contribution < -0.4 is 5.32 Å². The first-order valence-corrected chi connectivity index (χ1v) is 7.47. The first-order valence-electron chi connectivity index (χ1n) is 6.71. The van der Waals surface area contributed by atoms with E-state index in [2.05, 4.69) is 10.5 Å². The fraction of sp³-hybridized carbons (Fsp3) is 0.267. The predicted molar refractivity (Wildman–Crippen MR) is 84.5 cm³/mol. The number of esters is 1. The topological polar surface area (TPSA) is 81.4 Å². The van der Waals surface area contributed by atoms with Crippen LogP contribution in [0.15, 0.2) is 28.8 Å². The lowest BCUT2D eigenvalue weighted by atomic mass is 10.1. The SMILES string of the molecule is Cc1cc(C(=O)OCC(=O)N[C@@H](C)c2ccc(Cl)cc2Cl)on1. The number of aromatic nitrogens is 1.